The molecule has 2 rings (SSSR count). The van der Waals surface area contributed by atoms with Gasteiger partial charge in [0, 0.05) is 11.8 Å². The van der Waals surface area contributed by atoms with Gasteiger partial charge in [-0.25, -0.2) is 0 Å². The van der Waals surface area contributed by atoms with Gasteiger partial charge in [-0.1, -0.05) is 20.3 Å². The van der Waals surface area contributed by atoms with Gasteiger partial charge in [-0.3, -0.25) is 10.1 Å². The van der Waals surface area contributed by atoms with Crippen molar-refractivity contribution in [1.29, 1.82) is 0 Å². The molecular weight excluding hydrogens is 208 g/mol. The van der Waals surface area contributed by atoms with Gasteiger partial charge in [0.2, 0.25) is 5.91 Å². The van der Waals surface area contributed by atoms with Crippen LogP contribution in [0.15, 0.2) is 0 Å². The van der Waals surface area contributed by atoms with Gasteiger partial charge in [-0.15, -0.1) is 0 Å². The number of hydrogen-bond donors (Lipinski definition) is 1. The summed E-state index contributed by atoms with van der Waals surface area (Å²) in [6.45, 7) is 5.06. The normalized spacial score (nSPS) is 33.7. The lowest BCUT2D eigenvalue weighted by atomic mass is 9.99. The van der Waals surface area contributed by atoms with E-state index in [2.05, 4.69) is 24.1 Å². The third kappa shape index (κ3) is 2.16. The third-order valence-electron chi connectivity index (χ3n) is 3.59. The van der Waals surface area contributed by atoms with Gasteiger partial charge in [0.05, 0.1) is 12.7 Å². The van der Waals surface area contributed by atoms with E-state index in [1.54, 1.807) is 0 Å². The zero-order valence-electron chi connectivity index (χ0n) is 9.53. The summed E-state index contributed by atoms with van der Waals surface area (Å²) in [5.41, 5.74) is 0. The van der Waals surface area contributed by atoms with Gasteiger partial charge in [-0.05, 0) is 18.1 Å². The van der Waals surface area contributed by atoms with E-state index >= 15 is 0 Å². The second-order valence-corrected chi connectivity index (χ2v) is 5.70. The Morgan fingerprint density at radius 3 is 3.07 bits per heavy atom. The number of carbonyl (C=O) groups is 1. The second-order valence-electron chi connectivity index (χ2n) is 4.55. The van der Waals surface area contributed by atoms with Gasteiger partial charge in [-0.2, -0.15) is 11.8 Å². The molecule has 0 radical (unpaired) electrons. The van der Waals surface area contributed by atoms with Crippen molar-refractivity contribution in [1.82, 2.24) is 10.2 Å². The topological polar surface area (TPSA) is 32.3 Å². The number of nitrogens with zero attached hydrogens (tertiary/aromatic N) is 1. The molecule has 2 heterocycles. The maximum absolute atomic E-state index is 12.1. The highest BCUT2D eigenvalue weighted by Gasteiger charge is 2.38. The van der Waals surface area contributed by atoms with Crippen molar-refractivity contribution in [3.05, 3.63) is 0 Å². The highest BCUT2D eigenvalue weighted by molar-refractivity contribution is 7.99. The first-order valence-electron chi connectivity index (χ1n) is 5.85. The van der Waals surface area contributed by atoms with Crippen LogP contribution in [0.5, 0.6) is 0 Å². The monoisotopic (exact) mass is 228 g/mol. The van der Waals surface area contributed by atoms with Crippen molar-refractivity contribution >= 4 is 17.7 Å². The molecule has 0 bridgehead atoms. The molecule has 2 aliphatic rings. The van der Waals surface area contributed by atoms with E-state index in [4.69, 9.17) is 0 Å². The average molecular weight is 228 g/mol. The minimum absolute atomic E-state index is 0.0700. The van der Waals surface area contributed by atoms with Crippen molar-refractivity contribution in [2.24, 2.45) is 5.92 Å². The first-order valence-corrected chi connectivity index (χ1v) is 7.01. The molecule has 0 aromatic heterocycles. The van der Waals surface area contributed by atoms with Crippen LogP contribution in [0.4, 0.5) is 0 Å². The van der Waals surface area contributed by atoms with Crippen molar-refractivity contribution in [3.63, 3.8) is 0 Å². The zero-order valence-corrected chi connectivity index (χ0v) is 10.3. The molecule has 3 nitrogen and oxygen atoms in total. The Labute approximate surface area is 96.0 Å². The van der Waals surface area contributed by atoms with Crippen molar-refractivity contribution < 1.29 is 4.79 Å². The fraction of sp³-hybridized carbons (Fsp3) is 0.909. The number of nitrogens with one attached hydrogen (secondary N) is 1. The van der Waals surface area contributed by atoms with E-state index in [0.717, 1.165) is 18.8 Å². The predicted molar refractivity (Wildman–Crippen MR) is 63.8 cm³/mol. The molecule has 0 aromatic carbocycles. The van der Waals surface area contributed by atoms with Crippen LogP contribution in [0.3, 0.4) is 0 Å². The molecule has 3 atom stereocenters. The Balaban J connectivity index is 1.97. The van der Waals surface area contributed by atoms with E-state index in [0.29, 0.717) is 17.9 Å². The Hall–Kier alpha value is -0.220. The van der Waals surface area contributed by atoms with Gasteiger partial charge < -0.3 is 4.90 Å². The quantitative estimate of drug-likeness (QED) is 0.790. The minimum atomic E-state index is 0.0700. The first-order chi connectivity index (χ1) is 7.24. The summed E-state index contributed by atoms with van der Waals surface area (Å²) in [4.78, 5) is 14.2. The van der Waals surface area contributed by atoms with Crippen LogP contribution in [0.2, 0.25) is 0 Å². The molecule has 86 valence electrons. The van der Waals surface area contributed by atoms with Crippen LogP contribution in [0.25, 0.3) is 0 Å². The van der Waals surface area contributed by atoms with Crippen LogP contribution in [0, 0.1) is 5.92 Å². The Morgan fingerprint density at radius 2 is 2.47 bits per heavy atom. The summed E-state index contributed by atoms with van der Waals surface area (Å²) in [7, 11) is 0. The SMILES string of the molecule is CCC(C)C1NCN(C2CCSC2)C1=O. The molecule has 1 amide bonds. The maximum Gasteiger partial charge on any atom is 0.241 e. The van der Waals surface area contributed by atoms with Crippen LogP contribution in [-0.4, -0.2) is 41.1 Å². The van der Waals surface area contributed by atoms with Gasteiger partial charge in [0.1, 0.15) is 0 Å². The first kappa shape index (κ1) is 11.3. The van der Waals surface area contributed by atoms with Crippen molar-refractivity contribution in [3.8, 4) is 0 Å². The number of amides is 1. The third-order valence-corrected chi connectivity index (χ3v) is 4.73. The largest absolute Gasteiger partial charge is 0.325 e. The number of hydrogen-bond acceptors (Lipinski definition) is 3. The predicted octanol–water partition coefficient (Wildman–Crippen LogP) is 1.30. The van der Waals surface area contributed by atoms with Gasteiger partial charge >= 0.3 is 0 Å². The molecule has 4 heteroatoms. The lowest BCUT2D eigenvalue weighted by molar-refractivity contribution is -0.131. The van der Waals surface area contributed by atoms with Gasteiger partial charge in [0.25, 0.3) is 0 Å². The highest BCUT2D eigenvalue weighted by atomic mass is 32.2. The van der Waals surface area contributed by atoms with E-state index in [1.165, 1.54) is 12.2 Å². The molecule has 15 heavy (non-hydrogen) atoms. The molecule has 3 unspecified atom stereocenters. The van der Waals surface area contributed by atoms with E-state index < -0.39 is 0 Å². The highest BCUT2D eigenvalue weighted by Crippen LogP contribution is 2.26. The number of thioether (sulfide) groups is 1. The van der Waals surface area contributed by atoms with Crippen molar-refractivity contribution in [2.45, 2.75) is 38.8 Å². The molecule has 2 aliphatic heterocycles. The fourth-order valence-corrected chi connectivity index (χ4v) is 3.52. The fourth-order valence-electron chi connectivity index (χ4n) is 2.30. The Kier molecular flexibility index (Phi) is 3.57. The standard InChI is InChI=1S/C11H20N2OS/c1-3-8(2)10-11(14)13(7-12-10)9-4-5-15-6-9/h8-10,12H,3-7H2,1-2H3. The Bertz CT molecular complexity index is 241. The van der Waals surface area contributed by atoms with E-state index in [-0.39, 0.29) is 6.04 Å². The summed E-state index contributed by atoms with van der Waals surface area (Å²) in [5.74, 6) is 3.12. The molecule has 1 N–H and O–H groups in total. The average Bonchev–Trinajstić information content (AvgIpc) is 2.85. The molecule has 2 fully saturated rings. The molecule has 0 aliphatic carbocycles. The lowest BCUT2D eigenvalue weighted by Crippen LogP contribution is -2.40. The lowest BCUT2D eigenvalue weighted by Gasteiger charge is -2.23. The summed E-state index contributed by atoms with van der Waals surface area (Å²) in [6.07, 6.45) is 2.24. The van der Waals surface area contributed by atoms with Gasteiger partial charge in [0.15, 0.2) is 0 Å². The second kappa shape index (κ2) is 4.74. The summed E-state index contributed by atoms with van der Waals surface area (Å²) < 4.78 is 0. The van der Waals surface area contributed by atoms with Crippen LogP contribution >= 0.6 is 11.8 Å². The maximum atomic E-state index is 12.1. The number of carbonyl (C=O) groups excluding carboxylic acids is 1. The molecule has 2 saturated heterocycles. The molecule has 0 saturated carbocycles. The minimum Gasteiger partial charge on any atom is -0.325 e. The molecular formula is C11H20N2OS. The summed E-state index contributed by atoms with van der Waals surface area (Å²) in [5, 5.41) is 3.35. The Morgan fingerprint density at radius 1 is 1.67 bits per heavy atom. The zero-order chi connectivity index (χ0) is 10.8. The summed E-state index contributed by atoms with van der Waals surface area (Å²) >= 11 is 1.96. The van der Waals surface area contributed by atoms with Crippen LogP contribution < -0.4 is 5.32 Å². The van der Waals surface area contributed by atoms with E-state index in [9.17, 15) is 4.79 Å². The van der Waals surface area contributed by atoms with E-state index in [1.807, 2.05) is 11.8 Å². The smallest absolute Gasteiger partial charge is 0.241 e. The van der Waals surface area contributed by atoms with Crippen molar-refractivity contribution in [2.75, 3.05) is 18.2 Å². The van der Waals surface area contributed by atoms with Crippen LogP contribution in [0.1, 0.15) is 26.7 Å². The number of rotatable bonds is 3. The van der Waals surface area contributed by atoms with Crippen LogP contribution in [-0.2, 0) is 4.79 Å². The molecule has 0 aromatic rings. The summed E-state index contributed by atoms with van der Waals surface area (Å²) in [6, 6.07) is 0.560. The molecule has 0 spiro atoms.